The number of urea groups is 1. The molecule has 1 aromatic rings. The molecule has 0 saturated carbocycles. The Hall–Kier alpha value is -1.76. The van der Waals surface area contributed by atoms with Crippen LogP contribution in [0.15, 0.2) is 24.3 Å². The number of carbonyl (C=O) groups is 1. The van der Waals surface area contributed by atoms with Gasteiger partial charge in [0.2, 0.25) is 0 Å². The summed E-state index contributed by atoms with van der Waals surface area (Å²) in [4.78, 5) is 11.6. The summed E-state index contributed by atoms with van der Waals surface area (Å²) in [6.45, 7) is 4.57. The Labute approximate surface area is 115 Å². The zero-order valence-corrected chi connectivity index (χ0v) is 11.3. The van der Waals surface area contributed by atoms with Crippen LogP contribution in [0.25, 0.3) is 0 Å². The van der Waals surface area contributed by atoms with Crippen molar-refractivity contribution in [2.45, 2.75) is 20.0 Å². The minimum absolute atomic E-state index is 0.239. The number of halogens is 3. The molecule has 4 nitrogen and oxygen atoms in total. The summed E-state index contributed by atoms with van der Waals surface area (Å²) >= 11 is 0. The predicted octanol–water partition coefficient (Wildman–Crippen LogP) is 2.81. The molecule has 0 bridgehead atoms. The number of nitrogens with two attached hydrogens (primary N) is 1. The van der Waals surface area contributed by atoms with Gasteiger partial charge in [0.1, 0.15) is 0 Å². The molecule has 0 radical (unpaired) electrons. The number of carbonyl (C=O) groups excluding carboxylic acids is 1. The summed E-state index contributed by atoms with van der Waals surface area (Å²) in [5.41, 5.74) is 4.82. The SMILES string of the molecule is CC(C)(CN)CNC(=O)Nc1ccc(C(F)(F)F)cc1. The van der Waals surface area contributed by atoms with E-state index in [0.29, 0.717) is 18.8 Å². The van der Waals surface area contributed by atoms with Gasteiger partial charge >= 0.3 is 12.2 Å². The van der Waals surface area contributed by atoms with E-state index in [4.69, 9.17) is 5.73 Å². The van der Waals surface area contributed by atoms with Crippen LogP contribution < -0.4 is 16.4 Å². The molecular weight excluding hydrogens is 271 g/mol. The lowest BCUT2D eigenvalue weighted by molar-refractivity contribution is -0.137. The van der Waals surface area contributed by atoms with Gasteiger partial charge in [-0.15, -0.1) is 0 Å². The van der Waals surface area contributed by atoms with Crippen molar-refractivity contribution < 1.29 is 18.0 Å². The molecule has 4 N–H and O–H groups in total. The van der Waals surface area contributed by atoms with E-state index in [9.17, 15) is 18.0 Å². The monoisotopic (exact) mass is 289 g/mol. The highest BCUT2D eigenvalue weighted by Gasteiger charge is 2.30. The van der Waals surface area contributed by atoms with E-state index < -0.39 is 17.8 Å². The number of rotatable bonds is 4. The summed E-state index contributed by atoms with van der Waals surface area (Å²) in [6.07, 6.45) is -4.38. The molecule has 112 valence electrons. The smallest absolute Gasteiger partial charge is 0.337 e. The van der Waals surface area contributed by atoms with Crippen molar-refractivity contribution in [2.75, 3.05) is 18.4 Å². The van der Waals surface area contributed by atoms with Gasteiger partial charge in [0.25, 0.3) is 0 Å². The van der Waals surface area contributed by atoms with E-state index in [-0.39, 0.29) is 5.41 Å². The third-order valence-electron chi connectivity index (χ3n) is 2.75. The Morgan fingerprint density at radius 3 is 2.20 bits per heavy atom. The van der Waals surface area contributed by atoms with E-state index in [1.807, 2.05) is 13.8 Å². The van der Waals surface area contributed by atoms with Crippen LogP contribution in [0, 0.1) is 5.41 Å². The molecule has 0 heterocycles. The maximum absolute atomic E-state index is 12.4. The van der Waals surface area contributed by atoms with Crippen LogP contribution >= 0.6 is 0 Å². The van der Waals surface area contributed by atoms with Gasteiger partial charge in [0, 0.05) is 12.2 Å². The first-order valence-corrected chi connectivity index (χ1v) is 6.06. The van der Waals surface area contributed by atoms with E-state index in [1.165, 1.54) is 12.1 Å². The maximum atomic E-state index is 12.4. The van der Waals surface area contributed by atoms with Gasteiger partial charge in [-0.05, 0) is 36.2 Å². The quantitative estimate of drug-likeness (QED) is 0.798. The normalized spacial score (nSPS) is 12.1. The summed E-state index contributed by atoms with van der Waals surface area (Å²) in [6, 6.07) is 3.76. The van der Waals surface area contributed by atoms with Crippen molar-refractivity contribution in [3.05, 3.63) is 29.8 Å². The van der Waals surface area contributed by atoms with Crippen LogP contribution in [-0.4, -0.2) is 19.1 Å². The molecule has 1 aromatic carbocycles. The van der Waals surface area contributed by atoms with Crippen LogP contribution in [0.5, 0.6) is 0 Å². The third kappa shape index (κ3) is 5.08. The van der Waals surface area contributed by atoms with Crippen molar-refractivity contribution in [3.8, 4) is 0 Å². The predicted molar refractivity (Wildman–Crippen MR) is 71.3 cm³/mol. The molecule has 0 aliphatic carbocycles. The fourth-order valence-electron chi connectivity index (χ4n) is 1.31. The Morgan fingerprint density at radius 1 is 1.20 bits per heavy atom. The number of benzene rings is 1. The lowest BCUT2D eigenvalue weighted by Gasteiger charge is -2.22. The first-order valence-electron chi connectivity index (χ1n) is 6.06. The minimum Gasteiger partial charge on any atom is -0.337 e. The second kappa shape index (κ2) is 6.13. The van der Waals surface area contributed by atoms with Gasteiger partial charge in [0.05, 0.1) is 5.56 Å². The number of nitrogens with one attached hydrogen (secondary N) is 2. The lowest BCUT2D eigenvalue weighted by Crippen LogP contribution is -2.40. The summed E-state index contributed by atoms with van der Waals surface area (Å²) in [7, 11) is 0. The zero-order valence-electron chi connectivity index (χ0n) is 11.3. The van der Waals surface area contributed by atoms with Crippen molar-refractivity contribution in [1.29, 1.82) is 0 Å². The molecule has 7 heteroatoms. The van der Waals surface area contributed by atoms with Crippen molar-refractivity contribution in [2.24, 2.45) is 11.1 Å². The zero-order chi connectivity index (χ0) is 15.4. The lowest BCUT2D eigenvalue weighted by atomic mass is 9.94. The van der Waals surface area contributed by atoms with Crippen molar-refractivity contribution in [3.63, 3.8) is 0 Å². The fraction of sp³-hybridized carbons (Fsp3) is 0.462. The highest BCUT2D eigenvalue weighted by molar-refractivity contribution is 5.89. The minimum atomic E-state index is -4.38. The van der Waals surface area contributed by atoms with Gasteiger partial charge in [0.15, 0.2) is 0 Å². The number of alkyl halides is 3. The molecule has 1 rings (SSSR count). The number of hydrogen-bond donors (Lipinski definition) is 3. The van der Waals surface area contributed by atoms with E-state index in [0.717, 1.165) is 12.1 Å². The Morgan fingerprint density at radius 2 is 1.75 bits per heavy atom. The van der Waals surface area contributed by atoms with Crippen LogP contribution in [-0.2, 0) is 6.18 Å². The van der Waals surface area contributed by atoms with Gasteiger partial charge in [-0.25, -0.2) is 4.79 Å². The Kier molecular flexibility index (Phi) is 4.99. The molecule has 0 unspecified atom stereocenters. The first-order chi connectivity index (χ1) is 9.14. The third-order valence-corrected chi connectivity index (χ3v) is 2.75. The summed E-state index contributed by atoms with van der Waals surface area (Å²) in [5.74, 6) is 0. The molecule has 0 aliphatic heterocycles. The molecule has 0 aromatic heterocycles. The molecule has 2 amide bonds. The van der Waals surface area contributed by atoms with E-state index in [1.54, 1.807) is 0 Å². The summed E-state index contributed by atoms with van der Waals surface area (Å²) in [5, 5.41) is 5.07. The molecule has 0 atom stereocenters. The average Bonchev–Trinajstić information content (AvgIpc) is 2.36. The largest absolute Gasteiger partial charge is 0.416 e. The van der Waals surface area contributed by atoms with E-state index >= 15 is 0 Å². The van der Waals surface area contributed by atoms with Crippen LogP contribution in [0.2, 0.25) is 0 Å². The Balaban J connectivity index is 2.55. The van der Waals surface area contributed by atoms with E-state index in [2.05, 4.69) is 10.6 Å². The molecular formula is C13H18F3N3O. The molecule has 0 spiro atoms. The maximum Gasteiger partial charge on any atom is 0.416 e. The molecule has 0 fully saturated rings. The van der Waals surface area contributed by atoms with Crippen LogP contribution in [0.3, 0.4) is 0 Å². The molecule has 0 saturated heterocycles. The topological polar surface area (TPSA) is 67.1 Å². The second-order valence-electron chi connectivity index (χ2n) is 5.25. The number of anilines is 1. The van der Waals surface area contributed by atoms with Crippen molar-refractivity contribution >= 4 is 11.7 Å². The van der Waals surface area contributed by atoms with Gasteiger partial charge in [-0.1, -0.05) is 13.8 Å². The number of hydrogen-bond acceptors (Lipinski definition) is 2. The second-order valence-corrected chi connectivity index (χ2v) is 5.25. The van der Waals surface area contributed by atoms with Crippen LogP contribution in [0.1, 0.15) is 19.4 Å². The average molecular weight is 289 g/mol. The van der Waals surface area contributed by atoms with Gasteiger partial charge in [-0.3, -0.25) is 0 Å². The summed E-state index contributed by atoms with van der Waals surface area (Å²) < 4.78 is 37.1. The first kappa shape index (κ1) is 16.3. The fourth-order valence-corrected chi connectivity index (χ4v) is 1.31. The van der Waals surface area contributed by atoms with Gasteiger partial charge < -0.3 is 16.4 Å². The molecule has 20 heavy (non-hydrogen) atoms. The van der Waals surface area contributed by atoms with Crippen molar-refractivity contribution in [1.82, 2.24) is 5.32 Å². The highest BCUT2D eigenvalue weighted by atomic mass is 19.4. The highest BCUT2D eigenvalue weighted by Crippen LogP contribution is 2.29. The molecule has 0 aliphatic rings. The van der Waals surface area contributed by atoms with Crippen LogP contribution in [0.4, 0.5) is 23.7 Å². The van der Waals surface area contributed by atoms with Gasteiger partial charge in [-0.2, -0.15) is 13.2 Å². The standard InChI is InChI=1S/C13H18F3N3O/c1-12(2,7-17)8-18-11(20)19-10-5-3-9(4-6-10)13(14,15)16/h3-6H,7-8,17H2,1-2H3,(H2,18,19,20). The Bertz CT molecular complexity index is 455. The number of amides is 2.